The van der Waals surface area contributed by atoms with E-state index in [1.54, 1.807) is 12.1 Å². The highest BCUT2D eigenvalue weighted by Crippen LogP contribution is 2.40. The minimum absolute atomic E-state index is 0.262. The molecule has 1 N–H and O–H groups in total. The van der Waals surface area contributed by atoms with Gasteiger partial charge < -0.3 is 0 Å². The van der Waals surface area contributed by atoms with E-state index in [0.717, 1.165) is 44.5 Å². The highest BCUT2D eigenvalue weighted by molar-refractivity contribution is 6.02. The molecule has 5 rings (SSSR count). The van der Waals surface area contributed by atoms with Gasteiger partial charge in [0.2, 0.25) is 0 Å². The summed E-state index contributed by atoms with van der Waals surface area (Å²) < 4.78 is 13.5. The first-order valence-electron chi connectivity index (χ1n) is 9.05. The second kappa shape index (κ2) is 6.74. The average molecular weight is 365 g/mol. The quantitative estimate of drug-likeness (QED) is 0.420. The van der Waals surface area contributed by atoms with Crippen molar-refractivity contribution in [3.63, 3.8) is 0 Å². The number of hydrogen-bond acceptors (Lipinski definition) is 2. The van der Waals surface area contributed by atoms with Crippen molar-refractivity contribution in [1.82, 2.24) is 15.2 Å². The molecule has 3 aromatic carbocycles. The molecule has 3 nitrogen and oxygen atoms in total. The summed E-state index contributed by atoms with van der Waals surface area (Å²) in [6, 6.07) is 26.6. The maximum Gasteiger partial charge on any atom is 0.123 e. The van der Waals surface area contributed by atoms with Gasteiger partial charge in [0, 0.05) is 28.3 Å². The number of pyridine rings is 1. The molecule has 0 aliphatic carbocycles. The summed E-state index contributed by atoms with van der Waals surface area (Å²) in [6.07, 6.45) is 1.81. The summed E-state index contributed by atoms with van der Waals surface area (Å²) in [5.41, 5.74) is 6.56. The normalized spacial score (nSPS) is 11.0. The van der Waals surface area contributed by atoms with Gasteiger partial charge in [-0.3, -0.25) is 10.1 Å². The van der Waals surface area contributed by atoms with E-state index < -0.39 is 0 Å². The van der Waals surface area contributed by atoms with Gasteiger partial charge in [-0.15, -0.1) is 0 Å². The average Bonchev–Trinajstić information content (AvgIpc) is 3.19. The largest absolute Gasteiger partial charge is 0.277 e. The van der Waals surface area contributed by atoms with Crippen LogP contribution in [-0.2, 0) is 0 Å². The molecule has 0 spiro atoms. The van der Waals surface area contributed by atoms with Crippen LogP contribution in [0.2, 0.25) is 0 Å². The van der Waals surface area contributed by atoms with Gasteiger partial charge in [0.25, 0.3) is 0 Å². The number of benzene rings is 3. The Morgan fingerprint density at radius 1 is 0.714 bits per heavy atom. The molecule has 0 radical (unpaired) electrons. The van der Waals surface area contributed by atoms with Crippen LogP contribution >= 0.6 is 0 Å². The molecule has 0 amide bonds. The summed E-state index contributed by atoms with van der Waals surface area (Å²) in [4.78, 5) is 4.49. The van der Waals surface area contributed by atoms with Crippen molar-refractivity contribution in [2.45, 2.75) is 0 Å². The number of fused-ring (bicyclic) bond motifs is 1. The van der Waals surface area contributed by atoms with E-state index in [-0.39, 0.29) is 5.82 Å². The molecule has 0 fully saturated rings. The Balaban J connectivity index is 1.83. The number of hydrogen-bond donors (Lipinski definition) is 1. The molecule has 0 unspecified atom stereocenters. The van der Waals surface area contributed by atoms with Crippen molar-refractivity contribution in [1.29, 1.82) is 0 Å². The maximum atomic E-state index is 13.5. The molecule has 134 valence electrons. The van der Waals surface area contributed by atoms with Gasteiger partial charge in [-0.25, -0.2) is 4.39 Å². The summed E-state index contributed by atoms with van der Waals surface area (Å²) in [6.45, 7) is 0. The molecular formula is C24H16FN3. The first-order valence-corrected chi connectivity index (χ1v) is 9.05. The van der Waals surface area contributed by atoms with Crippen LogP contribution in [0.25, 0.3) is 44.5 Å². The van der Waals surface area contributed by atoms with E-state index in [9.17, 15) is 4.39 Å². The first-order chi connectivity index (χ1) is 13.8. The number of aromatic nitrogens is 3. The maximum absolute atomic E-state index is 13.5. The van der Waals surface area contributed by atoms with Crippen molar-refractivity contribution in [3.05, 3.63) is 96.9 Å². The molecule has 2 heterocycles. The monoisotopic (exact) mass is 365 g/mol. The summed E-state index contributed by atoms with van der Waals surface area (Å²) in [5.74, 6) is -0.262. The molecule has 0 saturated heterocycles. The second-order valence-electron chi connectivity index (χ2n) is 6.57. The van der Waals surface area contributed by atoms with Crippen LogP contribution in [0.4, 0.5) is 4.39 Å². The number of H-pyrrole nitrogens is 1. The molecule has 0 saturated carbocycles. The highest BCUT2D eigenvalue weighted by Gasteiger charge is 2.20. The molecule has 0 aliphatic heterocycles. The number of nitrogens with zero attached hydrogens (tertiary/aromatic N) is 2. The Labute approximate surface area is 161 Å². The van der Waals surface area contributed by atoms with Gasteiger partial charge in [-0.2, -0.15) is 5.10 Å². The molecule has 28 heavy (non-hydrogen) atoms. The Morgan fingerprint density at radius 3 is 2.29 bits per heavy atom. The molecule has 0 atom stereocenters. The second-order valence-corrected chi connectivity index (χ2v) is 6.57. The van der Waals surface area contributed by atoms with Crippen LogP contribution in [0.5, 0.6) is 0 Å². The topological polar surface area (TPSA) is 41.6 Å². The van der Waals surface area contributed by atoms with Gasteiger partial charge in [0.05, 0.1) is 11.2 Å². The number of rotatable bonds is 3. The van der Waals surface area contributed by atoms with Gasteiger partial charge in [0.1, 0.15) is 11.5 Å². The SMILES string of the molecule is Fc1ccc(-c2[nH]nc(-c3ccccc3)c2-c2ccnc3ccccc23)cc1. The molecule has 2 aromatic heterocycles. The van der Waals surface area contributed by atoms with Gasteiger partial charge >= 0.3 is 0 Å². The van der Waals surface area contributed by atoms with E-state index in [0.29, 0.717) is 0 Å². The molecule has 0 aliphatic rings. The zero-order chi connectivity index (χ0) is 18.9. The number of halogens is 1. The van der Waals surface area contributed by atoms with E-state index in [4.69, 9.17) is 0 Å². The third-order valence-electron chi connectivity index (χ3n) is 4.86. The van der Waals surface area contributed by atoms with Crippen molar-refractivity contribution < 1.29 is 4.39 Å². The van der Waals surface area contributed by atoms with Gasteiger partial charge in [0.15, 0.2) is 0 Å². The molecule has 4 heteroatoms. The third-order valence-corrected chi connectivity index (χ3v) is 4.86. The lowest BCUT2D eigenvalue weighted by Crippen LogP contribution is -1.89. The van der Waals surface area contributed by atoms with E-state index in [1.807, 2.05) is 60.8 Å². The highest BCUT2D eigenvalue weighted by atomic mass is 19.1. The zero-order valence-electron chi connectivity index (χ0n) is 14.9. The van der Waals surface area contributed by atoms with Crippen LogP contribution < -0.4 is 0 Å². The van der Waals surface area contributed by atoms with Crippen molar-refractivity contribution in [2.24, 2.45) is 0 Å². The van der Waals surface area contributed by atoms with Crippen LogP contribution in [-0.4, -0.2) is 15.2 Å². The van der Waals surface area contributed by atoms with E-state index >= 15 is 0 Å². The Hall–Kier alpha value is -3.79. The zero-order valence-corrected chi connectivity index (χ0v) is 14.9. The fraction of sp³-hybridized carbons (Fsp3) is 0. The third kappa shape index (κ3) is 2.76. The minimum Gasteiger partial charge on any atom is -0.277 e. The number of para-hydroxylation sites is 1. The Kier molecular flexibility index (Phi) is 3.95. The molecular weight excluding hydrogens is 349 g/mol. The lowest BCUT2D eigenvalue weighted by atomic mass is 9.94. The number of aromatic amines is 1. The van der Waals surface area contributed by atoms with Crippen LogP contribution in [0, 0.1) is 5.82 Å². The number of nitrogens with one attached hydrogen (secondary N) is 1. The van der Waals surface area contributed by atoms with Crippen molar-refractivity contribution in [2.75, 3.05) is 0 Å². The van der Waals surface area contributed by atoms with E-state index in [1.165, 1.54) is 12.1 Å². The fourth-order valence-corrected chi connectivity index (χ4v) is 3.55. The van der Waals surface area contributed by atoms with Gasteiger partial charge in [-0.05, 0) is 42.0 Å². The van der Waals surface area contributed by atoms with Crippen LogP contribution in [0.1, 0.15) is 0 Å². The van der Waals surface area contributed by atoms with E-state index in [2.05, 4.69) is 21.2 Å². The Morgan fingerprint density at radius 2 is 1.46 bits per heavy atom. The molecule has 5 aromatic rings. The standard InChI is InChI=1S/C24H16FN3/c25-18-12-10-17(11-13-18)24-22(23(27-28-24)16-6-2-1-3-7-16)20-14-15-26-21-9-5-4-8-19(20)21/h1-15H,(H,27,28). The van der Waals surface area contributed by atoms with Crippen LogP contribution in [0.3, 0.4) is 0 Å². The van der Waals surface area contributed by atoms with Crippen molar-refractivity contribution >= 4 is 10.9 Å². The lowest BCUT2D eigenvalue weighted by Gasteiger charge is -2.10. The lowest BCUT2D eigenvalue weighted by molar-refractivity contribution is 0.628. The summed E-state index contributed by atoms with van der Waals surface area (Å²) in [5, 5.41) is 8.86. The predicted molar refractivity (Wildman–Crippen MR) is 110 cm³/mol. The Bertz CT molecular complexity index is 1250. The predicted octanol–water partition coefficient (Wildman–Crippen LogP) is 6.10. The first kappa shape index (κ1) is 16.4. The molecule has 0 bridgehead atoms. The summed E-state index contributed by atoms with van der Waals surface area (Å²) in [7, 11) is 0. The van der Waals surface area contributed by atoms with Crippen LogP contribution in [0.15, 0.2) is 91.1 Å². The fourth-order valence-electron chi connectivity index (χ4n) is 3.55. The van der Waals surface area contributed by atoms with Gasteiger partial charge in [-0.1, -0.05) is 48.5 Å². The van der Waals surface area contributed by atoms with Crippen molar-refractivity contribution in [3.8, 4) is 33.6 Å². The summed E-state index contributed by atoms with van der Waals surface area (Å²) >= 11 is 0. The smallest absolute Gasteiger partial charge is 0.123 e. The minimum atomic E-state index is -0.262.